The molecule has 14 heteroatoms. The lowest BCUT2D eigenvalue weighted by Gasteiger charge is -2.53. The van der Waals surface area contributed by atoms with Crippen LogP contribution in [-0.4, -0.2) is 25.6 Å². The van der Waals surface area contributed by atoms with Crippen molar-refractivity contribution in [1.29, 1.82) is 0 Å². The second-order valence-electron chi connectivity index (χ2n) is 3.33. The third-order valence-corrected chi connectivity index (χ3v) is 8.01. The average molecular weight is 549 g/mol. The molecule has 0 aliphatic carbocycles. The van der Waals surface area contributed by atoms with Crippen LogP contribution in [0.25, 0.3) is 0 Å². The third kappa shape index (κ3) is 3.93. The van der Waals surface area contributed by atoms with E-state index in [1.54, 1.807) is 0 Å². The molecule has 1 radical (unpaired) electrons. The summed E-state index contributed by atoms with van der Waals surface area (Å²) in [5.74, 6) is 0. The third-order valence-electron chi connectivity index (χ3n) is 2.05. The Morgan fingerprint density at radius 3 is 0.650 bits per heavy atom. The van der Waals surface area contributed by atoms with E-state index in [0.717, 1.165) is 0 Å². The lowest BCUT2D eigenvalue weighted by atomic mass is 9.93. The van der Waals surface area contributed by atoms with Crippen molar-refractivity contribution in [2.45, 2.75) is 25.6 Å². The van der Waals surface area contributed by atoms with Crippen LogP contribution in [0.3, 0.4) is 0 Å². The number of rotatable bonds is 2. The van der Waals surface area contributed by atoms with Gasteiger partial charge in [-0.1, -0.05) is 128 Å². The quantitative estimate of drug-likeness (QED) is 0.316. The van der Waals surface area contributed by atoms with Crippen molar-refractivity contribution in [2.24, 2.45) is 0 Å². The summed E-state index contributed by atoms with van der Waals surface area (Å²) in [5, 5.41) is 12.0. The molecule has 20 heavy (non-hydrogen) atoms. The zero-order chi connectivity index (χ0) is 17.0. The van der Waals surface area contributed by atoms with Crippen LogP contribution in [0.2, 0.25) is 0 Å². The maximum atomic E-state index is 12.0. The average Bonchev–Trinajstić information content (AvgIpc) is 2.07. The minimum Gasteiger partial charge on any atom is -0.191 e. The van der Waals surface area contributed by atoms with Gasteiger partial charge in [0.15, 0.2) is 9.75 Å². The Balaban J connectivity index is 6.71. The molecule has 1 unspecified atom stereocenters. The van der Waals surface area contributed by atoms with E-state index in [9.17, 15) is 5.11 Å². The lowest BCUT2D eigenvalue weighted by molar-refractivity contribution is 0.0639. The van der Waals surface area contributed by atoms with Gasteiger partial charge in [0.25, 0.3) is 4.52 Å². The van der Waals surface area contributed by atoms with Crippen LogP contribution in [0, 0.1) is 0 Å². The zero-order valence-electron chi connectivity index (χ0n) is 8.32. The summed E-state index contributed by atoms with van der Waals surface area (Å²) in [6.07, 6.45) is 0. The van der Waals surface area contributed by atoms with E-state index in [0.29, 0.717) is 0 Å². The maximum Gasteiger partial charge on any atom is 0.275 e. The second-order valence-corrected chi connectivity index (χ2v) is 12.6. The fourth-order valence-electron chi connectivity index (χ4n) is 1.11. The Morgan fingerprint density at radius 1 is 0.400 bits per heavy atom. The molecule has 0 saturated heterocycles. The van der Waals surface area contributed by atoms with Crippen LogP contribution in [0.4, 0.5) is 0 Å². The van der Waals surface area contributed by atoms with Crippen molar-refractivity contribution in [3.63, 3.8) is 0 Å². The first kappa shape index (κ1) is 23.7. The predicted molar refractivity (Wildman–Crippen MR) is 93.2 cm³/mol. The van der Waals surface area contributed by atoms with Crippen LogP contribution >= 0.6 is 151 Å². The SMILES string of the molecule is [O]C(Cl)(Cl)C(Cl)(C(Cl)(Cl)Cl)C(Cl)(C(Cl)(Cl)Cl)C(Cl)(Cl)Cl. The highest BCUT2D eigenvalue weighted by Gasteiger charge is 2.82. The van der Waals surface area contributed by atoms with Crippen molar-refractivity contribution in [3.8, 4) is 0 Å². The Labute approximate surface area is 179 Å². The van der Waals surface area contributed by atoms with Gasteiger partial charge in [-0.2, -0.15) is 5.11 Å². The van der Waals surface area contributed by atoms with Gasteiger partial charge < -0.3 is 0 Å². The topological polar surface area (TPSA) is 19.9 Å². The normalized spacial score (nSPS) is 18.9. The van der Waals surface area contributed by atoms with E-state index in [1.807, 2.05) is 0 Å². The molecule has 0 aromatic heterocycles. The van der Waals surface area contributed by atoms with Crippen LogP contribution in [-0.2, 0) is 5.11 Å². The highest BCUT2D eigenvalue weighted by atomic mass is 35.6. The van der Waals surface area contributed by atoms with Gasteiger partial charge in [-0.15, -0.1) is 23.2 Å². The number of halogens is 13. The van der Waals surface area contributed by atoms with Gasteiger partial charge >= 0.3 is 0 Å². The molecule has 0 heterocycles. The first-order chi connectivity index (χ1) is 8.25. The summed E-state index contributed by atoms with van der Waals surface area (Å²) in [6, 6.07) is 0. The van der Waals surface area contributed by atoms with Gasteiger partial charge in [0.2, 0.25) is 11.4 Å². The zero-order valence-corrected chi connectivity index (χ0v) is 18.1. The van der Waals surface area contributed by atoms with E-state index in [4.69, 9.17) is 151 Å². The lowest BCUT2D eigenvalue weighted by Crippen LogP contribution is -2.73. The summed E-state index contributed by atoms with van der Waals surface area (Å²) in [6.45, 7) is 0. The van der Waals surface area contributed by atoms with Gasteiger partial charge in [0.05, 0.1) is 0 Å². The van der Waals surface area contributed by atoms with Gasteiger partial charge in [-0.25, -0.2) is 0 Å². The van der Waals surface area contributed by atoms with Crippen LogP contribution < -0.4 is 0 Å². The molecule has 1 nitrogen and oxygen atoms in total. The van der Waals surface area contributed by atoms with Crippen molar-refractivity contribution in [1.82, 2.24) is 0 Å². The second kappa shape index (κ2) is 6.80. The number of alkyl halides is 13. The monoisotopic (exact) mass is 543 g/mol. The minimum absolute atomic E-state index is 2.73. The van der Waals surface area contributed by atoms with E-state index < -0.39 is 25.6 Å². The molecular weight excluding hydrogens is 549 g/mol. The summed E-state index contributed by atoms with van der Waals surface area (Å²) >= 11 is 73.5. The summed E-state index contributed by atoms with van der Waals surface area (Å²) < 4.78 is -11.6. The molecule has 0 aliphatic rings. The Hall–Kier alpha value is 3.73. The van der Waals surface area contributed by atoms with E-state index in [-0.39, 0.29) is 0 Å². The van der Waals surface area contributed by atoms with E-state index in [2.05, 4.69) is 0 Å². The van der Waals surface area contributed by atoms with Crippen molar-refractivity contribution < 1.29 is 5.11 Å². The summed E-state index contributed by atoms with van der Waals surface area (Å²) in [4.78, 5) is -6.03. The summed E-state index contributed by atoms with van der Waals surface area (Å²) in [5.41, 5.74) is 0. The molecule has 0 aromatic carbocycles. The highest BCUT2D eigenvalue weighted by Crippen LogP contribution is 2.70. The van der Waals surface area contributed by atoms with Crippen LogP contribution in [0.1, 0.15) is 0 Å². The molecule has 0 aliphatic heterocycles. The first-order valence-electron chi connectivity index (χ1n) is 3.91. The molecule has 0 spiro atoms. The molecule has 121 valence electrons. The Bertz CT molecular complexity index is 289. The molecule has 0 fully saturated rings. The van der Waals surface area contributed by atoms with Gasteiger partial charge in [0, 0.05) is 0 Å². The number of hydrogen-bond acceptors (Lipinski definition) is 0. The van der Waals surface area contributed by atoms with Gasteiger partial charge in [0.1, 0.15) is 0 Å². The Kier molecular flexibility index (Phi) is 8.07. The minimum atomic E-state index is -3.34. The summed E-state index contributed by atoms with van der Waals surface area (Å²) in [7, 11) is 0. The maximum absolute atomic E-state index is 12.0. The largest absolute Gasteiger partial charge is 0.275 e. The Morgan fingerprint density at radius 2 is 0.600 bits per heavy atom. The molecule has 0 aromatic rings. The number of hydrogen-bond donors (Lipinski definition) is 0. The molecule has 0 saturated carbocycles. The van der Waals surface area contributed by atoms with Crippen molar-refractivity contribution in [3.05, 3.63) is 0 Å². The fourth-order valence-corrected chi connectivity index (χ4v) is 6.02. The van der Waals surface area contributed by atoms with Crippen LogP contribution in [0.15, 0.2) is 0 Å². The van der Waals surface area contributed by atoms with Crippen molar-refractivity contribution in [2.75, 3.05) is 0 Å². The molecule has 0 bridgehead atoms. The smallest absolute Gasteiger partial charge is 0.191 e. The molecule has 1 atom stereocenters. The van der Waals surface area contributed by atoms with E-state index in [1.165, 1.54) is 0 Å². The van der Waals surface area contributed by atoms with Crippen LogP contribution in [0.5, 0.6) is 0 Å². The van der Waals surface area contributed by atoms with E-state index >= 15 is 0 Å². The highest BCUT2D eigenvalue weighted by molar-refractivity contribution is 6.81. The van der Waals surface area contributed by atoms with Crippen molar-refractivity contribution >= 4 is 151 Å². The van der Waals surface area contributed by atoms with Gasteiger partial charge in [-0.3, -0.25) is 0 Å². The fraction of sp³-hybridized carbons (Fsp3) is 1.00. The molecule has 0 amide bonds. The standard InChI is InChI=1S/C6Cl13O/c7-1(3(9,10)11,4(12,13)14)2(8,5(15,16)17)6(18,19)20. The van der Waals surface area contributed by atoms with Gasteiger partial charge in [-0.05, 0) is 0 Å². The predicted octanol–water partition coefficient (Wildman–Crippen LogP) is 7.61. The molecular formula is C6Cl13O. The molecule has 0 rings (SSSR count). The molecule has 0 N–H and O–H groups in total. The first-order valence-corrected chi connectivity index (χ1v) is 8.82.